The molecule has 0 radical (unpaired) electrons. The van der Waals surface area contributed by atoms with Crippen LogP contribution in [0, 0.1) is 0 Å². The third-order valence-corrected chi connectivity index (χ3v) is 2.65. The van der Waals surface area contributed by atoms with Gasteiger partial charge in [-0.05, 0) is 18.2 Å². The lowest BCUT2D eigenvalue weighted by molar-refractivity contribution is 1.43. The topological polar surface area (TPSA) is 0 Å². The molecule has 0 spiro atoms. The highest BCUT2D eigenvalue weighted by Gasteiger charge is 1.91. The van der Waals surface area contributed by atoms with Crippen molar-refractivity contribution < 1.29 is 0 Å². The summed E-state index contributed by atoms with van der Waals surface area (Å²) in [6.07, 6.45) is 1.91. The van der Waals surface area contributed by atoms with Crippen LogP contribution in [0.3, 0.4) is 0 Å². The van der Waals surface area contributed by atoms with Crippen molar-refractivity contribution in [2.24, 2.45) is 0 Å². The normalized spacial score (nSPS) is 9.55. The van der Waals surface area contributed by atoms with E-state index >= 15 is 0 Å². The van der Waals surface area contributed by atoms with E-state index in [0.717, 1.165) is 10.2 Å². The van der Waals surface area contributed by atoms with Gasteiger partial charge >= 0.3 is 0 Å². The fraction of sp³-hybridized carbons (Fsp3) is 0.111. The van der Waals surface area contributed by atoms with E-state index in [1.807, 2.05) is 18.2 Å². The lowest BCUT2D eigenvalue weighted by atomic mass is 10.4. The molecular weight excluding hydrogens is 220 g/mol. The van der Waals surface area contributed by atoms with E-state index in [0.29, 0.717) is 0 Å². The van der Waals surface area contributed by atoms with Crippen LogP contribution in [0.4, 0.5) is 0 Å². The average Bonchev–Trinajstić information content (AvgIpc) is 2.01. The minimum atomic E-state index is 0.969. The minimum absolute atomic E-state index is 0.969. The Morgan fingerprint density at radius 1 is 1.55 bits per heavy atom. The van der Waals surface area contributed by atoms with Gasteiger partial charge in [0.2, 0.25) is 0 Å². The van der Waals surface area contributed by atoms with Gasteiger partial charge in [-0.1, -0.05) is 28.1 Å². The van der Waals surface area contributed by atoms with E-state index in [4.69, 9.17) is 0 Å². The van der Waals surface area contributed by atoms with Crippen LogP contribution in [-0.4, -0.2) is 5.75 Å². The van der Waals surface area contributed by atoms with Gasteiger partial charge in [-0.2, -0.15) is 0 Å². The van der Waals surface area contributed by atoms with E-state index in [-0.39, 0.29) is 0 Å². The molecule has 2 heteroatoms. The van der Waals surface area contributed by atoms with Gasteiger partial charge < -0.3 is 0 Å². The molecule has 11 heavy (non-hydrogen) atoms. The summed E-state index contributed by atoms with van der Waals surface area (Å²) in [6, 6.07) is 8.26. The van der Waals surface area contributed by atoms with Crippen LogP contribution in [0.15, 0.2) is 46.3 Å². The maximum Gasteiger partial charge on any atom is 0.0186 e. The molecule has 0 fully saturated rings. The van der Waals surface area contributed by atoms with Crippen LogP contribution in [0.2, 0.25) is 0 Å². The summed E-state index contributed by atoms with van der Waals surface area (Å²) in [6.45, 7) is 3.67. The van der Waals surface area contributed by atoms with Gasteiger partial charge in [0.1, 0.15) is 0 Å². The number of hydrogen-bond donors (Lipinski definition) is 0. The first-order valence-corrected chi connectivity index (χ1v) is 5.10. The lowest BCUT2D eigenvalue weighted by Gasteiger charge is -1.97. The van der Waals surface area contributed by atoms with Crippen LogP contribution in [0.25, 0.3) is 0 Å². The number of halogens is 1. The molecule has 1 aromatic rings. The second-order valence-electron chi connectivity index (χ2n) is 2.06. The number of benzene rings is 1. The predicted octanol–water partition coefficient (Wildman–Crippen LogP) is 3.73. The molecule has 0 heterocycles. The van der Waals surface area contributed by atoms with Gasteiger partial charge in [-0.3, -0.25) is 0 Å². The Bertz CT molecular complexity index is 245. The van der Waals surface area contributed by atoms with E-state index in [1.165, 1.54) is 4.90 Å². The van der Waals surface area contributed by atoms with Crippen molar-refractivity contribution in [3.63, 3.8) is 0 Å². The molecule has 0 unspecified atom stereocenters. The smallest absolute Gasteiger partial charge is 0.0186 e. The third-order valence-electron chi connectivity index (χ3n) is 1.16. The summed E-state index contributed by atoms with van der Waals surface area (Å²) in [5.74, 6) is 0.969. The SMILES string of the molecule is C=CCSc1cccc(Br)c1. The lowest BCUT2D eigenvalue weighted by Crippen LogP contribution is -1.72. The molecule has 0 amide bonds. The fourth-order valence-electron chi connectivity index (χ4n) is 0.712. The summed E-state index contributed by atoms with van der Waals surface area (Å²) >= 11 is 5.20. The molecular formula is C9H9BrS. The predicted molar refractivity (Wildman–Crippen MR) is 55.1 cm³/mol. The summed E-state index contributed by atoms with van der Waals surface area (Å²) < 4.78 is 1.13. The van der Waals surface area contributed by atoms with Crippen molar-refractivity contribution >= 4 is 27.7 Å². The second kappa shape index (κ2) is 4.62. The van der Waals surface area contributed by atoms with Crippen molar-refractivity contribution in [1.29, 1.82) is 0 Å². The van der Waals surface area contributed by atoms with Crippen LogP contribution < -0.4 is 0 Å². The largest absolute Gasteiger partial charge is 0.122 e. The van der Waals surface area contributed by atoms with E-state index in [1.54, 1.807) is 11.8 Å². The molecule has 0 aromatic heterocycles. The van der Waals surface area contributed by atoms with Crippen molar-refractivity contribution in [1.82, 2.24) is 0 Å². The molecule has 0 N–H and O–H groups in total. The number of hydrogen-bond acceptors (Lipinski definition) is 1. The van der Waals surface area contributed by atoms with Gasteiger partial charge in [0, 0.05) is 15.1 Å². The van der Waals surface area contributed by atoms with E-state index < -0.39 is 0 Å². The summed E-state index contributed by atoms with van der Waals surface area (Å²) in [7, 11) is 0. The summed E-state index contributed by atoms with van der Waals surface area (Å²) in [4.78, 5) is 1.28. The van der Waals surface area contributed by atoms with Gasteiger partial charge in [0.15, 0.2) is 0 Å². The molecule has 0 aliphatic carbocycles. The van der Waals surface area contributed by atoms with Crippen molar-refractivity contribution in [3.8, 4) is 0 Å². The molecule has 0 nitrogen and oxygen atoms in total. The van der Waals surface area contributed by atoms with Gasteiger partial charge in [-0.15, -0.1) is 18.3 Å². The number of thioether (sulfide) groups is 1. The second-order valence-corrected chi connectivity index (χ2v) is 4.07. The molecule has 1 aromatic carbocycles. The molecule has 0 saturated heterocycles. The molecule has 0 aliphatic heterocycles. The zero-order valence-electron chi connectivity index (χ0n) is 6.09. The van der Waals surface area contributed by atoms with Gasteiger partial charge in [0.25, 0.3) is 0 Å². The molecule has 0 bridgehead atoms. The highest BCUT2D eigenvalue weighted by atomic mass is 79.9. The van der Waals surface area contributed by atoms with Gasteiger partial charge in [0.05, 0.1) is 0 Å². The molecule has 0 saturated carbocycles. The van der Waals surface area contributed by atoms with E-state index in [2.05, 4.69) is 34.6 Å². The zero-order chi connectivity index (χ0) is 8.10. The summed E-state index contributed by atoms with van der Waals surface area (Å²) in [5.41, 5.74) is 0. The molecule has 58 valence electrons. The van der Waals surface area contributed by atoms with Crippen molar-refractivity contribution in [2.75, 3.05) is 5.75 Å². The van der Waals surface area contributed by atoms with Crippen molar-refractivity contribution in [3.05, 3.63) is 41.4 Å². The molecule has 0 atom stereocenters. The Kier molecular flexibility index (Phi) is 3.73. The maximum absolute atomic E-state index is 3.67. The quantitative estimate of drug-likeness (QED) is 0.562. The van der Waals surface area contributed by atoms with Crippen molar-refractivity contribution in [2.45, 2.75) is 4.90 Å². The standard InChI is InChI=1S/C9H9BrS/c1-2-6-11-9-5-3-4-8(10)7-9/h2-5,7H,1,6H2. The monoisotopic (exact) mass is 228 g/mol. The van der Waals surface area contributed by atoms with Crippen LogP contribution in [0.1, 0.15) is 0 Å². The third kappa shape index (κ3) is 3.12. The van der Waals surface area contributed by atoms with Crippen LogP contribution in [0.5, 0.6) is 0 Å². The van der Waals surface area contributed by atoms with Crippen LogP contribution >= 0.6 is 27.7 Å². The average molecular weight is 229 g/mol. The highest BCUT2D eigenvalue weighted by molar-refractivity contribution is 9.10. The zero-order valence-corrected chi connectivity index (χ0v) is 8.49. The Balaban J connectivity index is 2.63. The molecule has 1 rings (SSSR count). The Morgan fingerprint density at radius 3 is 3.00 bits per heavy atom. The maximum atomic E-state index is 3.67. The van der Waals surface area contributed by atoms with Crippen LogP contribution in [-0.2, 0) is 0 Å². The highest BCUT2D eigenvalue weighted by Crippen LogP contribution is 2.21. The van der Waals surface area contributed by atoms with E-state index in [9.17, 15) is 0 Å². The minimum Gasteiger partial charge on any atom is -0.122 e. The Morgan fingerprint density at radius 2 is 2.36 bits per heavy atom. The van der Waals surface area contributed by atoms with Gasteiger partial charge in [-0.25, -0.2) is 0 Å². The first kappa shape index (κ1) is 8.88. The molecule has 0 aliphatic rings. The first-order valence-electron chi connectivity index (χ1n) is 3.32. The number of rotatable bonds is 3. The summed E-state index contributed by atoms with van der Waals surface area (Å²) in [5, 5.41) is 0. The Hall–Kier alpha value is -0.210. The first-order chi connectivity index (χ1) is 5.33. The fourth-order valence-corrected chi connectivity index (χ4v) is 1.96. The Labute approximate surface area is 79.8 Å².